The highest BCUT2D eigenvalue weighted by atomic mass is 14.4. The molecule has 0 heterocycles. The fourth-order valence-corrected chi connectivity index (χ4v) is 2.12. The van der Waals surface area contributed by atoms with Crippen molar-refractivity contribution < 1.29 is 0 Å². The Hall–Kier alpha value is -0.820. The Morgan fingerprint density at radius 2 is 1.86 bits per heavy atom. The lowest BCUT2D eigenvalue weighted by molar-refractivity contribution is 0.445. The summed E-state index contributed by atoms with van der Waals surface area (Å²) in [5.74, 6) is 0.944. The Morgan fingerprint density at radius 3 is 2.50 bits per heavy atom. The lowest BCUT2D eigenvalue weighted by Gasteiger charge is -2.23. The van der Waals surface area contributed by atoms with Gasteiger partial charge in [0.05, 0.1) is 0 Å². The van der Waals surface area contributed by atoms with Crippen LogP contribution in [0.5, 0.6) is 0 Å². The Labute approximate surface area is 87.3 Å². The van der Waals surface area contributed by atoms with Crippen LogP contribution in [0.15, 0.2) is 24.3 Å². The maximum absolute atomic E-state index is 4.50. The summed E-state index contributed by atoms with van der Waals surface area (Å²) < 4.78 is 0. The van der Waals surface area contributed by atoms with E-state index in [1.165, 1.54) is 32.7 Å². The second-order valence-electron chi connectivity index (χ2n) is 3.79. The third-order valence-corrected chi connectivity index (χ3v) is 3.03. The molecule has 0 saturated heterocycles. The van der Waals surface area contributed by atoms with Crippen molar-refractivity contribution in [3.05, 3.63) is 35.4 Å². The summed E-state index contributed by atoms with van der Waals surface area (Å²) in [5, 5.41) is 0. The monoisotopic (exact) mass is 191 g/mol. The standard InChI is InChI=1S/C12H16.CH5N/c1-2-10-7-8-11-5-3-4-6-12(11)9-10;1-2/h3-6,10H,2,7-9H2,1H3;2H2,1H3. The smallest absolute Gasteiger partial charge is 0.0195 e. The SMILES string of the molecule is CCC1CCc2ccccc2C1.CN. The Bertz CT molecular complexity index is 268. The first-order valence-electron chi connectivity index (χ1n) is 5.54. The molecule has 0 spiro atoms. The molecule has 1 unspecified atom stereocenters. The molecule has 0 aliphatic heterocycles. The van der Waals surface area contributed by atoms with Gasteiger partial charge in [-0.1, -0.05) is 37.6 Å². The van der Waals surface area contributed by atoms with E-state index in [0.29, 0.717) is 0 Å². The Kier molecular flexibility index (Phi) is 4.68. The van der Waals surface area contributed by atoms with Crippen molar-refractivity contribution in [3.63, 3.8) is 0 Å². The molecule has 1 aliphatic rings. The van der Waals surface area contributed by atoms with E-state index in [4.69, 9.17) is 0 Å². The molecule has 2 N–H and O–H groups in total. The maximum atomic E-state index is 4.50. The Morgan fingerprint density at radius 1 is 1.21 bits per heavy atom. The lowest BCUT2D eigenvalue weighted by atomic mass is 9.83. The Balaban J connectivity index is 0.000000461. The van der Waals surface area contributed by atoms with Crippen LogP contribution in [0.3, 0.4) is 0 Å². The van der Waals surface area contributed by atoms with Gasteiger partial charge in [-0.05, 0) is 43.4 Å². The second-order valence-corrected chi connectivity index (χ2v) is 3.79. The zero-order valence-electron chi connectivity index (χ0n) is 9.29. The first-order chi connectivity index (χ1) is 6.90. The summed E-state index contributed by atoms with van der Waals surface area (Å²) >= 11 is 0. The number of aryl methyl sites for hydroxylation is 1. The van der Waals surface area contributed by atoms with Crippen molar-refractivity contribution in [2.45, 2.75) is 32.6 Å². The number of fused-ring (bicyclic) bond motifs is 1. The van der Waals surface area contributed by atoms with E-state index in [1.807, 2.05) is 0 Å². The quantitative estimate of drug-likeness (QED) is 0.725. The van der Waals surface area contributed by atoms with E-state index in [0.717, 1.165) is 5.92 Å². The van der Waals surface area contributed by atoms with Crippen LogP contribution in [-0.4, -0.2) is 7.05 Å². The van der Waals surface area contributed by atoms with Crippen molar-refractivity contribution >= 4 is 0 Å². The predicted octanol–water partition coefficient (Wildman–Crippen LogP) is 2.78. The molecule has 1 heteroatoms. The van der Waals surface area contributed by atoms with Crippen LogP contribution in [0.1, 0.15) is 30.9 Å². The molecule has 0 bridgehead atoms. The zero-order valence-corrected chi connectivity index (χ0v) is 9.29. The minimum absolute atomic E-state index is 0.944. The van der Waals surface area contributed by atoms with E-state index in [-0.39, 0.29) is 0 Å². The fraction of sp³-hybridized carbons (Fsp3) is 0.538. The fourth-order valence-electron chi connectivity index (χ4n) is 2.12. The van der Waals surface area contributed by atoms with Crippen LogP contribution in [0, 0.1) is 5.92 Å². The number of rotatable bonds is 1. The van der Waals surface area contributed by atoms with Crippen molar-refractivity contribution in [2.24, 2.45) is 11.7 Å². The minimum Gasteiger partial charge on any atom is -0.333 e. The summed E-state index contributed by atoms with van der Waals surface area (Å²) in [6, 6.07) is 8.89. The highest BCUT2D eigenvalue weighted by molar-refractivity contribution is 5.29. The summed E-state index contributed by atoms with van der Waals surface area (Å²) in [4.78, 5) is 0. The van der Waals surface area contributed by atoms with Gasteiger partial charge < -0.3 is 5.73 Å². The van der Waals surface area contributed by atoms with Crippen molar-refractivity contribution in [2.75, 3.05) is 7.05 Å². The predicted molar refractivity (Wildman–Crippen MR) is 62.4 cm³/mol. The largest absolute Gasteiger partial charge is 0.333 e. The molecule has 2 rings (SSSR count). The van der Waals surface area contributed by atoms with Crippen LogP contribution >= 0.6 is 0 Å². The van der Waals surface area contributed by atoms with Gasteiger partial charge in [-0.2, -0.15) is 0 Å². The minimum atomic E-state index is 0.944. The second kappa shape index (κ2) is 5.82. The first-order valence-corrected chi connectivity index (χ1v) is 5.54. The normalized spacial score (nSPS) is 19.2. The van der Waals surface area contributed by atoms with Crippen molar-refractivity contribution in [3.8, 4) is 0 Å². The van der Waals surface area contributed by atoms with E-state index in [9.17, 15) is 0 Å². The van der Waals surface area contributed by atoms with E-state index in [1.54, 1.807) is 11.1 Å². The number of hydrogen-bond donors (Lipinski definition) is 1. The van der Waals surface area contributed by atoms with Gasteiger partial charge in [-0.25, -0.2) is 0 Å². The van der Waals surface area contributed by atoms with Gasteiger partial charge in [0.25, 0.3) is 0 Å². The molecule has 0 radical (unpaired) electrons. The van der Waals surface area contributed by atoms with Crippen LogP contribution in [0.4, 0.5) is 0 Å². The summed E-state index contributed by atoms with van der Waals surface area (Å²) in [6.45, 7) is 2.30. The van der Waals surface area contributed by atoms with Crippen LogP contribution in [0.2, 0.25) is 0 Å². The van der Waals surface area contributed by atoms with Gasteiger partial charge in [0.2, 0.25) is 0 Å². The summed E-state index contributed by atoms with van der Waals surface area (Å²) in [5.41, 5.74) is 7.68. The van der Waals surface area contributed by atoms with Gasteiger partial charge >= 0.3 is 0 Å². The van der Waals surface area contributed by atoms with Gasteiger partial charge in [0.1, 0.15) is 0 Å². The third-order valence-electron chi connectivity index (χ3n) is 3.03. The highest BCUT2D eigenvalue weighted by Crippen LogP contribution is 2.26. The number of hydrogen-bond acceptors (Lipinski definition) is 1. The number of nitrogens with two attached hydrogens (primary N) is 1. The molecular formula is C13H21N. The van der Waals surface area contributed by atoms with Gasteiger partial charge in [-0.15, -0.1) is 0 Å². The molecule has 0 aromatic heterocycles. The molecule has 1 nitrogen and oxygen atoms in total. The molecule has 1 atom stereocenters. The third kappa shape index (κ3) is 2.58. The average Bonchev–Trinajstić information content (AvgIpc) is 2.31. The molecule has 0 amide bonds. The summed E-state index contributed by atoms with van der Waals surface area (Å²) in [7, 11) is 1.50. The van der Waals surface area contributed by atoms with Crippen LogP contribution in [0.25, 0.3) is 0 Å². The lowest BCUT2D eigenvalue weighted by Crippen LogP contribution is -2.12. The van der Waals surface area contributed by atoms with Gasteiger partial charge in [0.15, 0.2) is 0 Å². The number of benzene rings is 1. The molecular weight excluding hydrogens is 170 g/mol. The molecule has 0 saturated carbocycles. The van der Waals surface area contributed by atoms with E-state index in [2.05, 4.69) is 36.9 Å². The van der Waals surface area contributed by atoms with Crippen LogP contribution in [-0.2, 0) is 12.8 Å². The van der Waals surface area contributed by atoms with Crippen molar-refractivity contribution in [1.29, 1.82) is 0 Å². The highest BCUT2D eigenvalue weighted by Gasteiger charge is 2.15. The van der Waals surface area contributed by atoms with Gasteiger partial charge in [-0.3, -0.25) is 0 Å². The maximum Gasteiger partial charge on any atom is -0.0195 e. The summed E-state index contributed by atoms with van der Waals surface area (Å²) in [6.07, 6.45) is 5.35. The van der Waals surface area contributed by atoms with E-state index < -0.39 is 0 Å². The molecule has 1 aromatic rings. The molecule has 0 fully saturated rings. The average molecular weight is 191 g/mol. The van der Waals surface area contributed by atoms with Crippen LogP contribution < -0.4 is 5.73 Å². The zero-order chi connectivity index (χ0) is 10.4. The van der Waals surface area contributed by atoms with Gasteiger partial charge in [0, 0.05) is 0 Å². The molecule has 1 aromatic carbocycles. The molecule has 14 heavy (non-hydrogen) atoms. The van der Waals surface area contributed by atoms with E-state index >= 15 is 0 Å². The topological polar surface area (TPSA) is 26.0 Å². The first kappa shape index (κ1) is 11.3. The molecule has 78 valence electrons. The van der Waals surface area contributed by atoms with Crippen molar-refractivity contribution in [1.82, 2.24) is 0 Å². The molecule has 1 aliphatic carbocycles.